The second-order valence-corrected chi connectivity index (χ2v) is 5.42. The van der Waals surface area contributed by atoms with Gasteiger partial charge in [0.25, 0.3) is 0 Å². The van der Waals surface area contributed by atoms with Gasteiger partial charge in [-0.15, -0.1) is 11.8 Å². The number of imidazole rings is 1. The molecule has 0 aromatic carbocycles. The Hall–Kier alpha value is -0.680. The highest BCUT2D eigenvalue weighted by atomic mass is 32.2. The average Bonchev–Trinajstić information content (AvgIpc) is 2.71. The normalized spacial score (nSPS) is 11.6. The molecular weight excluding hydrogens is 238 g/mol. The van der Waals surface area contributed by atoms with Gasteiger partial charge in [-0.2, -0.15) is 0 Å². The summed E-state index contributed by atoms with van der Waals surface area (Å²) in [6, 6.07) is 2.09. The second kappa shape index (κ2) is 4.67. The van der Waals surface area contributed by atoms with Crippen LogP contribution in [-0.4, -0.2) is 26.9 Å². The van der Waals surface area contributed by atoms with Crippen molar-refractivity contribution in [1.82, 2.24) is 14.4 Å². The molecule has 0 radical (unpaired) electrons. The predicted molar refractivity (Wildman–Crippen MR) is 70.6 cm³/mol. The number of rotatable bonds is 3. The summed E-state index contributed by atoms with van der Waals surface area (Å²) in [6.07, 6.45) is 6.02. The monoisotopic (exact) mass is 253 g/mol. The van der Waals surface area contributed by atoms with Crippen molar-refractivity contribution in [2.45, 2.75) is 29.9 Å². The van der Waals surface area contributed by atoms with E-state index in [9.17, 15) is 0 Å². The maximum absolute atomic E-state index is 4.60. The van der Waals surface area contributed by atoms with Gasteiger partial charge in [-0.05, 0) is 18.6 Å². The van der Waals surface area contributed by atoms with E-state index in [1.165, 1.54) is 0 Å². The number of nitrogens with zero attached hydrogens (tertiary/aromatic N) is 3. The summed E-state index contributed by atoms with van der Waals surface area (Å²) in [5, 5.41) is 2.06. The Morgan fingerprint density at radius 1 is 1.25 bits per heavy atom. The molecule has 0 aliphatic heterocycles. The van der Waals surface area contributed by atoms with E-state index in [1.54, 1.807) is 23.5 Å². The van der Waals surface area contributed by atoms with Crippen molar-refractivity contribution >= 4 is 29.0 Å². The summed E-state index contributed by atoms with van der Waals surface area (Å²) >= 11 is 3.33. The van der Waals surface area contributed by atoms with Crippen LogP contribution in [0.25, 0.3) is 5.52 Å². The van der Waals surface area contributed by atoms with Crippen LogP contribution in [0.5, 0.6) is 0 Å². The molecule has 2 aromatic rings. The molecule has 0 saturated carbocycles. The molecule has 2 rings (SSSR count). The lowest BCUT2D eigenvalue weighted by atomic mass is 10.2. The van der Waals surface area contributed by atoms with Crippen LogP contribution in [0.15, 0.2) is 22.4 Å². The SMILES string of the molecule is CSc1cc2cnc(C(C)C)n2c(SC)n1. The van der Waals surface area contributed by atoms with E-state index in [0.29, 0.717) is 5.92 Å². The first-order valence-electron chi connectivity index (χ1n) is 5.13. The van der Waals surface area contributed by atoms with Crippen LogP contribution in [0.2, 0.25) is 0 Å². The topological polar surface area (TPSA) is 30.2 Å². The molecule has 0 aliphatic rings. The van der Waals surface area contributed by atoms with Crippen molar-refractivity contribution in [2.24, 2.45) is 0 Å². The average molecular weight is 253 g/mol. The minimum atomic E-state index is 0.412. The molecule has 16 heavy (non-hydrogen) atoms. The smallest absolute Gasteiger partial charge is 0.174 e. The van der Waals surface area contributed by atoms with Crippen LogP contribution in [0, 0.1) is 0 Å². The fourth-order valence-electron chi connectivity index (χ4n) is 1.64. The zero-order chi connectivity index (χ0) is 11.7. The summed E-state index contributed by atoms with van der Waals surface area (Å²) < 4.78 is 2.15. The minimum absolute atomic E-state index is 0.412. The molecule has 0 saturated heterocycles. The largest absolute Gasteiger partial charge is 0.275 e. The van der Waals surface area contributed by atoms with Gasteiger partial charge in [0.15, 0.2) is 5.16 Å². The Kier molecular flexibility index (Phi) is 3.44. The first-order chi connectivity index (χ1) is 7.67. The number of hydrogen-bond acceptors (Lipinski definition) is 4. The van der Waals surface area contributed by atoms with Gasteiger partial charge in [-0.25, -0.2) is 9.97 Å². The zero-order valence-electron chi connectivity index (χ0n) is 9.89. The van der Waals surface area contributed by atoms with Crippen LogP contribution in [0.4, 0.5) is 0 Å². The first kappa shape index (κ1) is 11.8. The van der Waals surface area contributed by atoms with Crippen molar-refractivity contribution in [2.75, 3.05) is 12.5 Å². The fourth-order valence-corrected chi connectivity index (χ4v) is 2.69. The molecule has 0 spiro atoms. The van der Waals surface area contributed by atoms with E-state index in [-0.39, 0.29) is 0 Å². The quantitative estimate of drug-likeness (QED) is 0.477. The standard InChI is InChI=1S/C11H15N3S2/c1-7(2)10-12-6-8-5-9(15-3)13-11(16-4)14(8)10/h5-7H,1-4H3. The van der Waals surface area contributed by atoms with Crippen LogP contribution in [-0.2, 0) is 0 Å². The summed E-state index contributed by atoms with van der Waals surface area (Å²) in [5.41, 5.74) is 1.13. The highest BCUT2D eigenvalue weighted by molar-refractivity contribution is 7.99. The Morgan fingerprint density at radius 2 is 2.00 bits per heavy atom. The van der Waals surface area contributed by atoms with Gasteiger partial charge in [0.05, 0.1) is 11.7 Å². The maximum atomic E-state index is 4.60. The third kappa shape index (κ3) is 1.94. The summed E-state index contributed by atoms with van der Waals surface area (Å²) in [5.74, 6) is 1.50. The van der Waals surface area contributed by atoms with Gasteiger partial charge < -0.3 is 0 Å². The second-order valence-electron chi connectivity index (χ2n) is 3.82. The highest BCUT2D eigenvalue weighted by Crippen LogP contribution is 2.25. The molecule has 0 amide bonds. The number of fused-ring (bicyclic) bond motifs is 1. The molecule has 3 nitrogen and oxygen atoms in total. The van der Waals surface area contributed by atoms with E-state index in [2.05, 4.69) is 40.5 Å². The Morgan fingerprint density at radius 3 is 2.56 bits per heavy atom. The molecule has 5 heteroatoms. The van der Waals surface area contributed by atoms with Gasteiger partial charge in [0.1, 0.15) is 10.9 Å². The highest BCUT2D eigenvalue weighted by Gasteiger charge is 2.12. The van der Waals surface area contributed by atoms with Crippen LogP contribution < -0.4 is 0 Å². The van der Waals surface area contributed by atoms with Gasteiger partial charge in [0, 0.05) is 5.92 Å². The van der Waals surface area contributed by atoms with E-state index in [4.69, 9.17) is 0 Å². The molecule has 2 heterocycles. The van der Waals surface area contributed by atoms with Crippen molar-refractivity contribution in [3.63, 3.8) is 0 Å². The molecule has 2 aromatic heterocycles. The Labute approximate surface area is 104 Å². The molecule has 0 fully saturated rings. The molecular formula is C11H15N3S2. The van der Waals surface area contributed by atoms with Gasteiger partial charge in [-0.1, -0.05) is 25.6 Å². The van der Waals surface area contributed by atoms with Crippen molar-refractivity contribution in [1.29, 1.82) is 0 Å². The summed E-state index contributed by atoms with van der Waals surface area (Å²) in [7, 11) is 0. The molecule has 0 aliphatic carbocycles. The summed E-state index contributed by atoms with van der Waals surface area (Å²) in [6.45, 7) is 4.31. The van der Waals surface area contributed by atoms with Crippen LogP contribution in [0.3, 0.4) is 0 Å². The third-order valence-electron chi connectivity index (χ3n) is 2.39. The molecule has 0 bridgehead atoms. The van der Waals surface area contributed by atoms with Gasteiger partial charge in [0.2, 0.25) is 0 Å². The molecule has 0 unspecified atom stereocenters. The Balaban J connectivity index is 2.72. The van der Waals surface area contributed by atoms with Gasteiger partial charge >= 0.3 is 0 Å². The van der Waals surface area contributed by atoms with Crippen molar-refractivity contribution in [3.8, 4) is 0 Å². The predicted octanol–water partition coefficient (Wildman–Crippen LogP) is 3.30. The van der Waals surface area contributed by atoms with E-state index in [1.807, 2.05) is 12.5 Å². The number of aromatic nitrogens is 3. The minimum Gasteiger partial charge on any atom is -0.275 e. The molecule has 0 atom stereocenters. The number of hydrogen-bond donors (Lipinski definition) is 0. The first-order valence-corrected chi connectivity index (χ1v) is 7.58. The van der Waals surface area contributed by atoms with Crippen molar-refractivity contribution < 1.29 is 0 Å². The van der Waals surface area contributed by atoms with Crippen molar-refractivity contribution in [3.05, 3.63) is 18.1 Å². The molecule has 86 valence electrons. The maximum Gasteiger partial charge on any atom is 0.174 e. The summed E-state index contributed by atoms with van der Waals surface area (Å²) in [4.78, 5) is 9.08. The number of thioether (sulfide) groups is 2. The van der Waals surface area contributed by atoms with E-state index < -0.39 is 0 Å². The lowest BCUT2D eigenvalue weighted by molar-refractivity contribution is 0.717. The lowest BCUT2D eigenvalue weighted by Gasteiger charge is -2.09. The van der Waals surface area contributed by atoms with E-state index in [0.717, 1.165) is 21.5 Å². The Bertz CT molecular complexity index is 505. The van der Waals surface area contributed by atoms with Gasteiger partial charge in [-0.3, -0.25) is 4.40 Å². The molecule has 0 N–H and O–H groups in total. The zero-order valence-corrected chi connectivity index (χ0v) is 11.5. The van der Waals surface area contributed by atoms with Crippen LogP contribution >= 0.6 is 23.5 Å². The van der Waals surface area contributed by atoms with Crippen LogP contribution in [0.1, 0.15) is 25.6 Å². The third-order valence-corrected chi connectivity index (χ3v) is 3.66. The lowest BCUT2D eigenvalue weighted by Crippen LogP contribution is -2.02. The van der Waals surface area contributed by atoms with E-state index >= 15 is 0 Å². The fraction of sp³-hybridized carbons (Fsp3) is 0.455.